The van der Waals surface area contributed by atoms with Crippen molar-refractivity contribution >= 4 is 29.9 Å². The summed E-state index contributed by atoms with van der Waals surface area (Å²) < 4.78 is 5.61. The lowest BCUT2D eigenvalue weighted by molar-refractivity contribution is 0.114. The van der Waals surface area contributed by atoms with Crippen LogP contribution in [0.4, 0.5) is 0 Å². The highest BCUT2D eigenvalue weighted by Crippen LogP contribution is 2.12. The van der Waals surface area contributed by atoms with Crippen LogP contribution in [0.3, 0.4) is 0 Å². The second kappa shape index (κ2) is 13.3. The fourth-order valence-corrected chi connectivity index (χ4v) is 2.34. The van der Waals surface area contributed by atoms with E-state index in [-0.39, 0.29) is 37.1 Å². The molecular formula is C20H29IN4O2. The second-order valence-corrected chi connectivity index (χ2v) is 6.00. The first-order valence-corrected chi connectivity index (χ1v) is 8.97. The Hall–Kier alpha value is -1.87. The van der Waals surface area contributed by atoms with Crippen LogP contribution in [0.1, 0.15) is 18.2 Å². The molecule has 2 aromatic rings. The zero-order chi connectivity index (χ0) is 18.6. The number of rotatable bonds is 9. The molecule has 148 valence electrons. The highest BCUT2D eigenvalue weighted by atomic mass is 127. The Morgan fingerprint density at radius 1 is 1.22 bits per heavy atom. The average molecular weight is 484 g/mol. The van der Waals surface area contributed by atoms with Crippen LogP contribution in [0.2, 0.25) is 0 Å². The van der Waals surface area contributed by atoms with Gasteiger partial charge >= 0.3 is 0 Å². The summed E-state index contributed by atoms with van der Waals surface area (Å²) >= 11 is 0. The van der Waals surface area contributed by atoms with Crippen molar-refractivity contribution in [1.29, 1.82) is 0 Å². The second-order valence-electron chi connectivity index (χ2n) is 6.00. The van der Waals surface area contributed by atoms with Gasteiger partial charge in [0.05, 0.1) is 6.54 Å². The van der Waals surface area contributed by atoms with Gasteiger partial charge in [0.1, 0.15) is 18.5 Å². The predicted molar refractivity (Wildman–Crippen MR) is 120 cm³/mol. The Kier molecular flexibility index (Phi) is 11.4. The van der Waals surface area contributed by atoms with Gasteiger partial charge in [-0.1, -0.05) is 18.2 Å². The number of hydrogen-bond donors (Lipinski definition) is 3. The number of nitrogens with one attached hydrogen (secondary N) is 2. The molecule has 3 N–H and O–H groups in total. The van der Waals surface area contributed by atoms with Crippen molar-refractivity contribution in [3.63, 3.8) is 0 Å². The molecule has 2 rings (SSSR count). The van der Waals surface area contributed by atoms with Crippen LogP contribution in [-0.2, 0) is 6.42 Å². The molecule has 0 fully saturated rings. The lowest BCUT2D eigenvalue weighted by Gasteiger charge is -2.14. The van der Waals surface area contributed by atoms with E-state index in [4.69, 9.17) is 4.74 Å². The van der Waals surface area contributed by atoms with Crippen molar-refractivity contribution in [3.05, 3.63) is 59.9 Å². The zero-order valence-electron chi connectivity index (χ0n) is 15.9. The summed E-state index contributed by atoms with van der Waals surface area (Å²) in [5.41, 5.74) is 2.16. The number of aliphatic hydroxyl groups is 1. The van der Waals surface area contributed by atoms with Gasteiger partial charge in [-0.3, -0.25) is 9.98 Å². The minimum Gasteiger partial charge on any atom is -0.491 e. The SMILES string of the molecule is CCNC(=NCC(O)COc1cccc(C)c1)NCCc1ccccn1.I. The van der Waals surface area contributed by atoms with Gasteiger partial charge < -0.3 is 20.5 Å². The maximum Gasteiger partial charge on any atom is 0.191 e. The quantitative estimate of drug-likeness (QED) is 0.290. The van der Waals surface area contributed by atoms with Crippen molar-refractivity contribution in [3.8, 4) is 5.75 Å². The molecule has 0 amide bonds. The van der Waals surface area contributed by atoms with Gasteiger partial charge in [0.2, 0.25) is 0 Å². The third-order valence-electron chi connectivity index (χ3n) is 3.64. The van der Waals surface area contributed by atoms with E-state index in [0.717, 1.165) is 36.5 Å². The van der Waals surface area contributed by atoms with Crippen LogP contribution < -0.4 is 15.4 Å². The van der Waals surface area contributed by atoms with Crippen LogP contribution >= 0.6 is 24.0 Å². The van der Waals surface area contributed by atoms with Crippen molar-refractivity contribution in [2.45, 2.75) is 26.4 Å². The molecule has 7 heteroatoms. The van der Waals surface area contributed by atoms with Gasteiger partial charge in [-0.05, 0) is 43.7 Å². The minimum atomic E-state index is -0.665. The van der Waals surface area contributed by atoms with Crippen LogP contribution in [-0.4, -0.2) is 48.4 Å². The fraction of sp³-hybridized carbons (Fsp3) is 0.400. The first-order chi connectivity index (χ1) is 12.7. The Balaban J connectivity index is 0.00000364. The summed E-state index contributed by atoms with van der Waals surface area (Å²) in [5, 5.41) is 16.5. The molecule has 1 unspecified atom stereocenters. The van der Waals surface area contributed by atoms with Crippen molar-refractivity contribution < 1.29 is 9.84 Å². The highest BCUT2D eigenvalue weighted by Gasteiger charge is 2.06. The van der Waals surface area contributed by atoms with E-state index in [1.54, 1.807) is 6.20 Å². The summed E-state index contributed by atoms with van der Waals surface area (Å²) in [6.45, 7) is 5.97. The number of halogens is 1. The molecule has 0 radical (unpaired) electrons. The van der Waals surface area contributed by atoms with Crippen molar-refractivity contribution in [1.82, 2.24) is 15.6 Å². The topological polar surface area (TPSA) is 78.8 Å². The highest BCUT2D eigenvalue weighted by molar-refractivity contribution is 14.0. The van der Waals surface area contributed by atoms with E-state index in [1.165, 1.54) is 0 Å². The molecule has 1 aromatic carbocycles. The Labute approximate surface area is 178 Å². The molecule has 0 saturated carbocycles. The first kappa shape index (κ1) is 23.2. The number of aryl methyl sites for hydroxylation is 1. The number of aromatic nitrogens is 1. The molecule has 0 aliphatic rings. The van der Waals surface area contributed by atoms with Gasteiger partial charge in [0.25, 0.3) is 0 Å². The molecule has 1 heterocycles. The largest absolute Gasteiger partial charge is 0.491 e. The molecule has 0 saturated heterocycles. The number of aliphatic imine (C=N–C) groups is 1. The maximum atomic E-state index is 10.1. The third-order valence-corrected chi connectivity index (χ3v) is 3.64. The Morgan fingerprint density at radius 3 is 2.78 bits per heavy atom. The van der Waals surface area contributed by atoms with E-state index < -0.39 is 6.10 Å². The molecule has 27 heavy (non-hydrogen) atoms. The van der Waals surface area contributed by atoms with Gasteiger partial charge in [-0.2, -0.15) is 0 Å². The molecular weight excluding hydrogens is 455 g/mol. The first-order valence-electron chi connectivity index (χ1n) is 8.97. The van der Waals surface area contributed by atoms with E-state index in [9.17, 15) is 5.11 Å². The summed E-state index contributed by atoms with van der Waals surface area (Å²) in [6, 6.07) is 13.6. The maximum absolute atomic E-state index is 10.1. The van der Waals surface area contributed by atoms with Crippen molar-refractivity contribution in [2.24, 2.45) is 4.99 Å². The summed E-state index contributed by atoms with van der Waals surface area (Å²) in [5.74, 6) is 1.44. The van der Waals surface area contributed by atoms with Crippen LogP contribution in [0.5, 0.6) is 5.75 Å². The van der Waals surface area contributed by atoms with E-state index in [2.05, 4.69) is 20.6 Å². The number of benzene rings is 1. The molecule has 0 aliphatic heterocycles. The lowest BCUT2D eigenvalue weighted by atomic mass is 10.2. The standard InChI is InChI=1S/C20H28N4O2.HI/c1-3-21-20(23-12-10-17-8-4-5-11-22-17)24-14-18(25)15-26-19-9-6-7-16(2)13-19;/h4-9,11,13,18,25H,3,10,12,14-15H2,1-2H3,(H2,21,23,24);1H. The monoisotopic (exact) mass is 484 g/mol. The molecule has 1 atom stereocenters. The number of hydrogen-bond acceptors (Lipinski definition) is 4. The Bertz CT molecular complexity index is 683. The number of aliphatic hydroxyl groups excluding tert-OH is 1. The van der Waals surface area contributed by atoms with Crippen molar-refractivity contribution in [2.75, 3.05) is 26.2 Å². The molecule has 0 spiro atoms. The number of guanidine groups is 1. The van der Waals surface area contributed by atoms with Crippen LogP contribution in [0, 0.1) is 6.92 Å². The van der Waals surface area contributed by atoms with Crippen LogP contribution in [0.15, 0.2) is 53.7 Å². The van der Waals surface area contributed by atoms with E-state index >= 15 is 0 Å². The van der Waals surface area contributed by atoms with Gasteiger partial charge in [0, 0.05) is 31.4 Å². The number of pyridine rings is 1. The summed E-state index contributed by atoms with van der Waals surface area (Å²) in [7, 11) is 0. The van der Waals surface area contributed by atoms with Gasteiger partial charge in [-0.15, -0.1) is 24.0 Å². The molecule has 6 nitrogen and oxygen atoms in total. The molecule has 0 bridgehead atoms. The van der Waals surface area contributed by atoms with Gasteiger partial charge in [-0.25, -0.2) is 0 Å². The van der Waals surface area contributed by atoms with E-state index in [1.807, 2.05) is 56.3 Å². The fourth-order valence-electron chi connectivity index (χ4n) is 2.34. The minimum absolute atomic E-state index is 0. The number of ether oxygens (including phenoxy) is 1. The average Bonchev–Trinajstić information content (AvgIpc) is 2.65. The third kappa shape index (κ3) is 9.58. The molecule has 0 aliphatic carbocycles. The number of nitrogens with zero attached hydrogens (tertiary/aromatic N) is 2. The Morgan fingerprint density at radius 2 is 2.07 bits per heavy atom. The summed E-state index contributed by atoms with van der Waals surface area (Å²) in [6.07, 6.45) is 1.94. The normalized spacial score (nSPS) is 12.0. The van der Waals surface area contributed by atoms with Gasteiger partial charge in [0.15, 0.2) is 5.96 Å². The van der Waals surface area contributed by atoms with Crippen LogP contribution in [0.25, 0.3) is 0 Å². The smallest absolute Gasteiger partial charge is 0.191 e. The zero-order valence-corrected chi connectivity index (χ0v) is 18.2. The predicted octanol–water partition coefficient (Wildman–Crippen LogP) is 2.55. The van der Waals surface area contributed by atoms with E-state index in [0.29, 0.717) is 5.96 Å². The lowest BCUT2D eigenvalue weighted by Crippen LogP contribution is -2.39. The summed E-state index contributed by atoms with van der Waals surface area (Å²) in [4.78, 5) is 8.72. The molecule has 1 aromatic heterocycles.